The Morgan fingerprint density at radius 1 is 1.17 bits per heavy atom. The molecule has 0 atom stereocenters. The molecule has 3 nitrogen and oxygen atoms in total. The van der Waals surface area contributed by atoms with Gasteiger partial charge >= 0.3 is 0 Å². The predicted octanol–water partition coefficient (Wildman–Crippen LogP) is 3.65. The molecule has 0 spiro atoms. The van der Waals surface area contributed by atoms with Gasteiger partial charge in [-0.2, -0.15) is 0 Å². The minimum absolute atomic E-state index is 0.382. The third-order valence-electron chi connectivity index (χ3n) is 4.53. The molecule has 0 heterocycles. The van der Waals surface area contributed by atoms with Crippen LogP contribution in [0.25, 0.3) is 11.1 Å². The van der Waals surface area contributed by atoms with Crippen LogP contribution in [0.2, 0.25) is 0 Å². The van der Waals surface area contributed by atoms with Crippen LogP contribution in [0.15, 0.2) is 42.5 Å². The molecule has 3 rings (SSSR count). The monoisotopic (exact) mass is 308 g/mol. The quantitative estimate of drug-likeness (QED) is 0.767. The molecule has 120 valence electrons. The number of hydrogen-bond acceptors (Lipinski definition) is 2. The van der Waals surface area contributed by atoms with Crippen LogP contribution in [0.5, 0.6) is 0 Å². The Morgan fingerprint density at radius 2 is 1.91 bits per heavy atom. The molecule has 3 heteroatoms. The second-order valence-corrected chi connectivity index (χ2v) is 6.50. The van der Waals surface area contributed by atoms with Gasteiger partial charge in [-0.15, -0.1) is 0 Å². The van der Waals surface area contributed by atoms with Gasteiger partial charge in [0, 0.05) is 12.1 Å². The zero-order valence-corrected chi connectivity index (χ0v) is 13.6. The van der Waals surface area contributed by atoms with E-state index < -0.39 is 0 Å². The van der Waals surface area contributed by atoms with E-state index in [1.54, 1.807) is 6.07 Å². The molecule has 1 aliphatic carbocycles. The lowest BCUT2D eigenvalue weighted by Gasteiger charge is -2.09. The topological polar surface area (TPSA) is 55.1 Å². The van der Waals surface area contributed by atoms with Crippen LogP contribution in [0.3, 0.4) is 0 Å². The van der Waals surface area contributed by atoms with Gasteiger partial charge in [-0.25, -0.2) is 0 Å². The maximum absolute atomic E-state index is 11.2. The Balaban J connectivity index is 1.62. The average molecular weight is 308 g/mol. The van der Waals surface area contributed by atoms with Crippen molar-refractivity contribution in [3.63, 3.8) is 0 Å². The molecule has 0 unspecified atom stereocenters. The van der Waals surface area contributed by atoms with Crippen molar-refractivity contribution < 1.29 is 4.79 Å². The molecular formula is C20H24N2O. The van der Waals surface area contributed by atoms with Crippen molar-refractivity contribution in [2.75, 3.05) is 6.54 Å². The summed E-state index contributed by atoms with van der Waals surface area (Å²) in [4.78, 5) is 11.2. The maximum Gasteiger partial charge on any atom is 0.248 e. The van der Waals surface area contributed by atoms with Gasteiger partial charge in [0.05, 0.1) is 0 Å². The van der Waals surface area contributed by atoms with E-state index in [9.17, 15) is 4.79 Å². The van der Waals surface area contributed by atoms with Gasteiger partial charge in [0.1, 0.15) is 0 Å². The van der Waals surface area contributed by atoms with Gasteiger partial charge in [-0.1, -0.05) is 43.2 Å². The summed E-state index contributed by atoms with van der Waals surface area (Å²) in [5.41, 5.74) is 10.6. The van der Waals surface area contributed by atoms with Crippen molar-refractivity contribution >= 4 is 5.91 Å². The highest BCUT2D eigenvalue weighted by Gasteiger charge is 2.19. The van der Waals surface area contributed by atoms with Crippen LogP contribution in [-0.2, 0) is 6.54 Å². The SMILES string of the molecule is Cc1cc(C(N)=O)ccc1-c1ccc(CNCCC2CC2)cc1. The van der Waals surface area contributed by atoms with Crippen LogP contribution in [0, 0.1) is 12.8 Å². The highest BCUT2D eigenvalue weighted by molar-refractivity contribution is 5.93. The van der Waals surface area contributed by atoms with Crippen LogP contribution in [0.1, 0.15) is 40.7 Å². The summed E-state index contributed by atoms with van der Waals surface area (Å²) in [6, 6.07) is 14.2. The molecular weight excluding hydrogens is 284 g/mol. The first kappa shape index (κ1) is 15.8. The normalized spacial score (nSPS) is 14.0. The number of rotatable bonds is 7. The number of amides is 1. The van der Waals surface area contributed by atoms with Gasteiger partial charge in [0.15, 0.2) is 0 Å². The second kappa shape index (κ2) is 6.97. The standard InChI is InChI=1S/C20H24N2O/c1-14-12-18(20(21)23)8-9-19(14)17-6-4-16(5-7-17)13-22-11-10-15-2-3-15/h4-9,12,15,22H,2-3,10-11,13H2,1H3,(H2,21,23). The molecule has 0 saturated heterocycles. The van der Waals surface area contributed by atoms with Gasteiger partial charge in [0.2, 0.25) is 5.91 Å². The molecule has 2 aromatic carbocycles. The third-order valence-corrected chi connectivity index (χ3v) is 4.53. The first-order chi connectivity index (χ1) is 11.1. The zero-order chi connectivity index (χ0) is 16.2. The fourth-order valence-corrected chi connectivity index (χ4v) is 2.89. The summed E-state index contributed by atoms with van der Waals surface area (Å²) in [6.07, 6.45) is 4.15. The third kappa shape index (κ3) is 4.20. The number of primary amides is 1. The Kier molecular flexibility index (Phi) is 4.77. The van der Waals surface area contributed by atoms with Crippen molar-refractivity contribution in [1.82, 2.24) is 5.32 Å². The Morgan fingerprint density at radius 3 is 2.52 bits per heavy atom. The van der Waals surface area contributed by atoms with Gasteiger partial charge in [-0.05, 0) is 60.2 Å². The Bertz CT molecular complexity index is 687. The number of benzene rings is 2. The summed E-state index contributed by atoms with van der Waals surface area (Å²) in [6.45, 7) is 4.04. The zero-order valence-electron chi connectivity index (χ0n) is 13.6. The molecule has 23 heavy (non-hydrogen) atoms. The van der Waals surface area contributed by atoms with Crippen LogP contribution in [-0.4, -0.2) is 12.5 Å². The molecule has 0 radical (unpaired) electrons. The number of hydrogen-bond donors (Lipinski definition) is 2. The fourth-order valence-electron chi connectivity index (χ4n) is 2.89. The van der Waals surface area contributed by atoms with E-state index >= 15 is 0 Å². The van der Waals surface area contributed by atoms with E-state index in [2.05, 4.69) is 29.6 Å². The van der Waals surface area contributed by atoms with E-state index in [-0.39, 0.29) is 5.91 Å². The minimum Gasteiger partial charge on any atom is -0.366 e. The maximum atomic E-state index is 11.2. The van der Waals surface area contributed by atoms with Crippen molar-refractivity contribution in [1.29, 1.82) is 0 Å². The first-order valence-corrected chi connectivity index (χ1v) is 8.34. The number of nitrogens with one attached hydrogen (secondary N) is 1. The predicted molar refractivity (Wildman–Crippen MR) is 94.2 cm³/mol. The van der Waals surface area contributed by atoms with E-state index in [0.29, 0.717) is 5.56 Å². The number of carbonyl (C=O) groups excluding carboxylic acids is 1. The molecule has 0 bridgehead atoms. The molecule has 3 N–H and O–H groups in total. The van der Waals surface area contributed by atoms with Crippen molar-refractivity contribution in [3.05, 3.63) is 59.2 Å². The van der Waals surface area contributed by atoms with E-state index in [0.717, 1.165) is 30.1 Å². The number of nitrogens with two attached hydrogens (primary N) is 1. The highest BCUT2D eigenvalue weighted by Crippen LogP contribution is 2.31. The molecule has 2 aromatic rings. The lowest BCUT2D eigenvalue weighted by Crippen LogP contribution is -2.15. The first-order valence-electron chi connectivity index (χ1n) is 8.34. The van der Waals surface area contributed by atoms with E-state index in [4.69, 9.17) is 5.73 Å². The minimum atomic E-state index is -0.382. The summed E-state index contributed by atoms with van der Waals surface area (Å²) >= 11 is 0. The second-order valence-electron chi connectivity index (χ2n) is 6.50. The largest absolute Gasteiger partial charge is 0.366 e. The molecule has 0 aliphatic heterocycles. The summed E-state index contributed by atoms with van der Waals surface area (Å²) < 4.78 is 0. The molecule has 1 amide bonds. The summed E-state index contributed by atoms with van der Waals surface area (Å²) in [5.74, 6) is 0.600. The highest BCUT2D eigenvalue weighted by atomic mass is 16.1. The molecule has 0 aromatic heterocycles. The van der Waals surface area contributed by atoms with Crippen molar-refractivity contribution in [3.8, 4) is 11.1 Å². The lowest BCUT2D eigenvalue weighted by atomic mass is 9.97. The molecule has 1 aliphatic rings. The average Bonchev–Trinajstić information content (AvgIpc) is 3.36. The summed E-state index contributed by atoms with van der Waals surface area (Å²) in [5, 5.41) is 3.51. The van der Waals surface area contributed by atoms with E-state index in [1.807, 2.05) is 19.1 Å². The lowest BCUT2D eigenvalue weighted by molar-refractivity contribution is 0.1000. The Labute approximate surface area is 137 Å². The molecule has 1 saturated carbocycles. The van der Waals surface area contributed by atoms with E-state index in [1.165, 1.54) is 30.4 Å². The number of carbonyl (C=O) groups is 1. The van der Waals surface area contributed by atoms with Crippen LogP contribution >= 0.6 is 0 Å². The van der Waals surface area contributed by atoms with Gasteiger partial charge < -0.3 is 11.1 Å². The molecule has 1 fully saturated rings. The smallest absolute Gasteiger partial charge is 0.248 e. The van der Waals surface area contributed by atoms with Crippen molar-refractivity contribution in [2.45, 2.75) is 32.7 Å². The summed E-state index contributed by atoms with van der Waals surface area (Å²) in [7, 11) is 0. The van der Waals surface area contributed by atoms with Gasteiger partial charge in [-0.3, -0.25) is 4.79 Å². The van der Waals surface area contributed by atoms with Crippen LogP contribution < -0.4 is 11.1 Å². The van der Waals surface area contributed by atoms with Crippen molar-refractivity contribution in [2.24, 2.45) is 11.7 Å². The van der Waals surface area contributed by atoms with Gasteiger partial charge in [0.25, 0.3) is 0 Å². The fraction of sp³-hybridized carbons (Fsp3) is 0.350. The Hall–Kier alpha value is -2.13. The van der Waals surface area contributed by atoms with Crippen LogP contribution in [0.4, 0.5) is 0 Å². The number of aryl methyl sites for hydroxylation is 1.